The Kier molecular flexibility index (Phi) is 2.41. The van der Waals surface area contributed by atoms with Gasteiger partial charge in [0.1, 0.15) is 0 Å². The van der Waals surface area contributed by atoms with Crippen LogP contribution < -0.4 is 0 Å². The standard InChI is InChI=1S/C11H14BrNO/c1-11(2,3)13-10(14-13)8-6-4-5-7-9(8)12/h4-7,10H,1-3H3. The van der Waals surface area contributed by atoms with Crippen LogP contribution >= 0.6 is 15.9 Å². The number of rotatable bonds is 1. The molecule has 0 bridgehead atoms. The second-order valence-corrected chi connectivity index (χ2v) is 5.33. The van der Waals surface area contributed by atoms with Crippen molar-refractivity contribution < 1.29 is 4.84 Å². The van der Waals surface area contributed by atoms with Crippen LogP contribution in [-0.4, -0.2) is 10.6 Å². The Balaban J connectivity index is 2.18. The molecule has 1 saturated heterocycles. The summed E-state index contributed by atoms with van der Waals surface area (Å²) in [6, 6.07) is 8.17. The molecule has 3 heteroatoms. The van der Waals surface area contributed by atoms with Crippen LogP contribution in [0.25, 0.3) is 0 Å². The van der Waals surface area contributed by atoms with Gasteiger partial charge in [0, 0.05) is 15.6 Å². The summed E-state index contributed by atoms with van der Waals surface area (Å²) in [4.78, 5) is 5.55. The quantitative estimate of drug-likeness (QED) is 0.714. The van der Waals surface area contributed by atoms with Crippen LogP contribution in [0.4, 0.5) is 0 Å². The summed E-state index contributed by atoms with van der Waals surface area (Å²) in [6.45, 7) is 6.43. The molecule has 0 saturated carbocycles. The van der Waals surface area contributed by atoms with E-state index in [1.54, 1.807) is 0 Å². The highest BCUT2D eigenvalue weighted by atomic mass is 79.9. The highest BCUT2D eigenvalue weighted by Gasteiger charge is 2.46. The third kappa shape index (κ3) is 1.85. The van der Waals surface area contributed by atoms with E-state index in [2.05, 4.69) is 42.8 Å². The molecule has 1 aromatic carbocycles. The summed E-state index contributed by atoms with van der Waals surface area (Å²) < 4.78 is 1.11. The Morgan fingerprint density at radius 3 is 2.43 bits per heavy atom. The maximum Gasteiger partial charge on any atom is 0.181 e. The van der Waals surface area contributed by atoms with E-state index in [4.69, 9.17) is 4.84 Å². The molecule has 0 radical (unpaired) electrons. The minimum Gasteiger partial charge on any atom is -0.269 e. The molecule has 0 aliphatic carbocycles. The van der Waals surface area contributed by atoms with E-state index in [0.717, 1.165) is 4.47 Å². The first kappa shape index (κ1) is 10.1. The molecule has 1 fully saturated rings. The van der Waals surface area contributed by atoms with Gasteiger partial charge in [-0.15, -0.1) is 5.06 Å². The molecule has 2 unspecified atom stereocenters. The molecule has 0 amide bonds. The number of halogens is 1. The number of hydrogen-bond donors (Lipinski definition) is 0. The molecule has 1 aromatic rings. The van der Waals surface area contributed by atoms with Crippen LogP contribution in [0.15, 0.2) is 28.7 Å². The monoisotopic (exact) mass is 255 g/mol. The van der Waals surface area contributed by atoms with Crippen molar-refractivity contribution >= 4 is 15.9 Å². The van der Waals surface area contributed by atoms with E-state index in [9.17, 15) is 0 Å². The molecular formula is C11H14BrNO. The average molecular weight is 256 g/mol. The molecule has 2 atom stereocenters. The van der Waals surface area contributed by atoms with Crippen LogP contribution in [0.1, 0.15) is 32.6 Å². The molecule has 76 valence electrons. The van der Waals surface area contributed by atoms with Gasteiger partial charge in [-0.2, -0.15) is 0 Å². The third-order valence-corrected chi connectivity index (χ3v) is 2.94. The molecule has 1 heterocycles. The first-order valence-corrected chi connectivity index (χ1v) is 5.50. The lowest BCUT2D eigenvalue weighted by atomic mass is 10.1. The zero-order valence-corrected chi connectivity index (χ0v) is 10.2. The molecule has 1 aliphatic rings. The molecule has 2 nitrogen and oxygen atoms in total. The topological polar surface area (TPSA) is 15.5 Å². The molecule has 2 rings (SSSR count). The van der Waals surface area contributed by atoms with Crippen molar-refractivity contribution in [3.63, 3.8) is 0 Å². The van der Waals surface area contributed by atoms with Gasteiger partial charge in [-0.3, -0.25) is 4.84 Å². The van der Waals surface area contributed by atoms with Crippen molar-refractivity contribution in [2.45, 2.75) is 32.5 Å². The van der Waals surface area contributed by atoms with Gasteiger partial charge in [-0.25, -0.2) is 0 Å². The summed E-state index contributed by atoms with van der Waals surface area (Å²) in [5.41, 5.74) is 1.27. The van der Waals surface area contributed by atoms with Crippen molar-refractivity contribution in [1.82, 2.24) is 5.06 Å². The second kappa shape index (κ2) is 3.33. The summed E-state index contributed by atoms with van der Waals surface area (Å²) in [5, 5.41) is 2.01. The fourth-order valence-electron chi connectivity index (χ4n) is 1.45. The molecule has 0 aromatic heterocycles. The van der Waals surface area contributed by atoms with Gasteiger partial charge in [-0.1, -0.05) is 34.1 Å². The van der Waals surface area contributed by atoms with Gasteiger partial charge in [0.15, 0.2) is 6.23 Å². The fourth-order valence-corrected chi connectivity index (χ4v) is 1.93. The van der Waals surface area contributed by atoms with Gasteiger partial charge >= 0.3 is 0 Å². The van der Waals surface area contributed by atoms with Gasteiger partial charge in [0.25, 0.3) is 0 Å². The van der Waals surface area contributed by atoms with Crippen molar-refractivity contribution in [3.8, 4) is 0 Å². The Morgan fingerprint density at radius 2 is 1.93 bits per heavy atom. The van der Waals surface area contributed by atoms with E-state index in [1.807, 2.05) is 23.3 Å². The van der Waals surface area contributed by atoms with Crippen molar-refractivity contribution in [1.29, 1.82) is 0 Å². The summed E-state index contributed by atoms with van der Waals surface area (Å²) in [7, 11) is 0. The van der Waals surface area contributed by atoms with Crippen LogP contribution in [0.5, 0.6) is 0 Å². The zero-order valence-electron chi connectivity index (χ0n) is 8.62. The molecule has 1 aliphatic heterocycles. The zero-order chi connectivity index (χ0) is 10.3. The average Bonchev–Trinajstić information content (AvgIpc) is 2.83. The summed E-state index contributed by atoms with van der Waals surface area (Å²) >= 11 is 3.52. The lowest BCUT2D eigenvalue weighted by molar-refractivity contribution is 0.101. The smallest absolute Gasteiger partial charge is 0.181 e. The van der Waals surface area contributed by atoms with E-state index in [0.29, 0.717) is 0 Å². The van der Waals surface area contributed by atoms with E-state index < -0.39 is 0 Å². The van der Waals surface area contributed by atoms with Crippen molar-refractivity contribution in [3.05, 3.63) is 34.3 Å². The number of hydrogen-bond acceptors (Lipinski definition) is 2. The molecule has 0 spiro atoms. The largest absolute Gasteiger partial charge is 0.269 e. The Morgan fingerprint density at radius 1 is 1.29 bits per heavy atom. The van der Waals surface area contributed by atoms with Gasteiger partial charge in [0.05, 0.1) is 0 Å². The van der Waals surface area contributed by atoms with Gasteiger partial charge in [-0.05, 0) is 26.8 Å². The maximum atomic E-state index is 5.55. The van der Waals surface area contributed by atoms with Gasteiger partial charge < -0.3 is 0 Å². The van der Waals surface area contributed by atoms with Gasteiger partial charge in [0.2, 0.25) is 0 Å². The SMILES string of the molecule is CC(C)(C)N1OC1c1ccccc1Br. The number of hydroxylamine groups is 2. The van der Waals surface area contributed by atoms with Crippen LogP contribution in [0.2, 0.25) is 0 Å². The predicted octanol–water partition coefficient (Wildman–Crippen LogP) is 3.49. The van der Waals surface area contributed by atoms with E-state index in [1.165, 1.54) is 5.56 Å². The lowest BCUT2D eigenvalue weighted by Crippen LogP contribution is -2.25. The highest BCUT2D eigenvalue weighted by Crippen LogP contribution is 2.45. The second-order valence-electron chi connectivity index (χ2n) is 4.48. The minimum atomic E-state index is 0.0694. The van der Waals surface area contributed by atoms with Crippen LogP contribution in [0.3, 0.4) is 0 Å². The minimum absolute atomic E-state index is 0.0694. The Bertz CT molecular complexity index is 345. The predicted molar refractivity (Wildman–Crippen MR) is 59.6 cm³/mol. The highest BCUT2D eigenvalue weighted by molar-refractivity contribution is 9.10. The first-order valence-electron chi connectivity index (χ1n) is 4.71. The fraction of sp³-hybridized carbons (Fsp3) is 0.455. The van der Waals surface area contributed by atoms with Crippen molar-refractivity contribution in [2.75, 3.05) is 0 Å². The van der Waals surface area contributed by atoms with E-state index in [-0.39, 0.29) is 11.8 Å². The summed E-state index contributed by atoms with van der Waals surface area (Å²) in [5.74, 6) is 0. The van der Waals surface area contributed by atoms with E-state index >= 15 is 0 Å². The normalized spacial score (nSPS) is 26.3. The van der Waals surface area contributed by atoms with Crippen LogP contribution in [-0.2, 0) is 4.84 Å². The number of benzene rings is 1. The van der Waals surface area contributed by atoms with Crippen molar-refractivity contribution in [2.24, 2.45) is 0 Å². The Hall–Kier alpha value is -0.380. The maximum absolute atomic E-state index is 5.55. The lowest BCUT2D eigenvalue weighted by Gasteiger charge is -2.16. The van der Waals surface area contributed by atoms with Crippen LogP contribution in [0, 0.1) is 0 Å². The first-order chi connectivity index (χ1) is 6.50. The Labute approximate surface area is 92.9 Å². The summed E-state index contributed by atoms with van der Waals surface area (Å²) in [6.07, 6.45) is 0.116. The molecule has 14 heavy (non-hydrogen) atoms. The molecular weight excluding hydrogens is 242 g/mol. The third-order valence-electron chi connectivity index (χ3n) is 2.21. The molecule has 0 N–H and O–H groups in total. The number of nitrogens with zero attached hydrogens (tertiary/aromatic N) is 1.